The lowest BCUT2D eigenvalue weighted by molar-refractivity contribution is 0.103. The summed E-state index contributed by atoms with van der Waals surface area (Å²) >= 11 is 0. The van der Waals surface area contributed by atoms with Crippen molar-refractivity contribution in [2.24, 2.45) is 0 Å². The van der Waals surface area contributed by atoms with Crippen LogP contribution >= 0.6 is 0 Å². The number of carbonyl (C=O) groups excluding carboxylic acids is 1. The molecule has 0 fully saturated rings. The highest BCUT2D eigenvalue weighted by molar-refractivity contribution is 6.09. The fourth-order valence-electron chi connectivity index (χ4n) is 2.67. The van der Waals surface area contributed by atoms with Crippen molar-refractivity contribution in [1.29, 1.82) is 0 Å². The molecule has 0 heterocycles. The Kier molecular flexibility index (Phi) is 4.38. The van der Waals surface area contributed by atoms with Crippen LogP contribution in [0, 0.1) is 13.8 Å². The van der Waals surface area contributed by atoms with Crippen molar-refractivity contribution in [2.45, 2.75) is 20.3 Å². The van der Waals surface area contributed by atoms with E-state index in [4.69, 9.17) is 0 Å². The maximum Gasteiger partial charge on any atom is 0.193 e. The van der Waals surface area contributed by atoms with Crippen LogP contribution in [0.15, 0.2) is 72.8 Å². The lowest BCUT2D eigenvalue weighted by atomic mass is 9.98. The molecule has 0 bridgehead atoms. The van der Waals surface area contributed by atoms with Gasteiger partial charge in [-0.2, -0.15) is 0 Å². The summed E-state index contributed by atoms with van der Waals surface area (Å²) in [5.74, 6) is 0.0792. The van der Waals surface area contributed by atoms with Crippen molar-refractivity contribution in [3.05, 3.63) is 106 Å². The summed E-state index contributed by atoms with van der Waals surface area (Å²) in [5, 5.41) is 0. The summed E-state index contributed by atoms with van der Waals surface area (Å²) in [4.78, 5) is 12.5. The first kappa shape index (κ1) is 15.2. The Morgan fingerprint density at radius 1 is 0.696 bits per heavy atom. The molecule has 0 radical (unpaired) electrons. The van der Waals surface area contributed by atoms with Crippen LogP contribution in [0.3, 0.4) is 0 Å². The van der Waals surface area contributed by atoms with E-state index in [0.717, 1.165) is 23.1 Å². The Morgan fingerprint density at radius 2 is 1.30 bits per heavy atom. The highest BCUT2D eigenvalue weighted by Crippen LogP contribution is 2.15. The second-order valence-corrected chi connectivity index (χ2v) is 6.06. The summed E-state index contributed by atoms with van der Waals surface area (Å²) in [5.41, 5.74) is 6.36. The molecule has 3 aromatic carbocycles. The molecule has 0 aliphatic carbocycles. The standard InChI is InChI=1S/C22H20O/c1-16-6-8-18(9-7-16)15-19-10-12-20(13-11-19)22(23)21-5-3-4-17(2)14-21/h3-14H,15H2,1-2H3. The van der Waals surface area contributed by atoms with Crippen molar-refractivity contribution in [3.8, 4) is 0 Å². The topological polar surface area (TPSA) is 17.1 Å². The molecule has 0 spiro atoms. The van der Waals surface area contributed by atoms with Crippen molar-refractivity contribution in [1.82, 2.24) is 0 Å². The molecule has 0 saturated carbocycles. The second-order valence-electron chi connectivity index (χ2n) is 6.06. The van der Waals surface area contributed by atoms with Crippen LogP contribution in [0.5, 0.6) is 0 Å². The molecule has 0 unspecified atom stereocenters. The number of hydrogen-bond acceptors (Lipinski definition) is 1. The third-order valence-corrected chi connectivity index (χ3v) is 4.03. The molecule has 3 rings (SSSR count). The van der Waals surface area contributed by atoms with E-state index in [1.165, 1.54) is 16.7 Å². The lowest BCUT2D eigenvalue weighted by Crippen LogP contribution is -2.01. The molecule has 0 N–H and O–H groups in total. The SMILES string of the molecule is Cc1ccc(Cc2ccc(C(=O)c3cccc(C)c3)cc2)cc1. The van der Waals surface area contributed by atoms with Crippen LogP contribution in [0.25, 0.3) is 0 Å². The van der Waals surface area contributed by atoms with Gasteiger partial charge in [-0.05, 0) is 37.5 Å². The van der Waals surface area contributed by atoms with E-state index in [1.807, 2.05) is 55.5 Å². The van der Waals surface area contributed by atoms with Crippen LogP contribution in [-0.4, -0.2) is 5.78 Å². The van der Waals surface area contributed by atoms with Gasteiger partial charge in [0.05, 0.1) is 0 Å². The first-order valence-corrected chi connectivity index (χ1v) is 7.88. The van der Waals surface area contributed by atoms with Gasteiger partial charge in [0.25, 0.3) is 0 Å². The number of hydrogen-bond donors (Lipinski definition) is 0. The van der Waals surface area contributed by atoms with Crippen molar-refractivity contribution < 1.29 is 4.79 Å². The largest absolute Gasteiger partial charge is 0.289 e. The summed E-state index contributed by atoms with van der Waals surface area (Å²) in [7, 11) is 0. The molecule has 1 nitrogen and oxygen atoms in total. The molecular weight excluding hydrogens is 280 g/mol. The molecule has 0 atom stereocenters. The quantitative estimate of drug-likeness (QED) is 0.611. The molecule has 23 heavy (non-hydrogen) atoms. The van der Waals surface area contributed by atoms with Crippen LogP contribution in [0.1, 0.15) is 38.2 Å². The molecule has 0 amide bonds. The van der Waals surface area contributed by atoms with E-state index in [0.29, 0.717) is 0 Å². The third kappa shape index (κ3) is 3.75. The first-order chi connectivity index (χ1) is 11.1. The van der Waals surface area contributed by atoms with Crippen molar-refractivity contribution in [2.75, 3.05) is 0 Å². The van der Waals surface area contributed by atoms with E-state index >= 15 is 0 Å². The second kappa shape index (κ2) is 6.62. The Bertz CT molecular complexity index is 811. The molecule has 0 aliphatic rings. The van der Waals surface area contributed by atoms with Gasteiger partial charge in [-0.25, -0.2) is 0 Å². The third-order valence-electron chi connectivity index (χ3n) is 4.03. The highest BCUT2D eigenvalue weighted by atomic mass is 16.1. The average Bonchev–Trinajstić information content (AvgIpc) is 2.57. The minimum absolute atomic E-state index is 0.0792. The zero-order valence-corrected chi connectivity index (χ0v) is 13.5. The van der Waals surface area contributed by atoms with Gasteiger partial charge in [-0.1, -0.05) is 77.9 Å². The maximum atomic E-state index is 12.5. The van der Waals surface area contributed by atoms with Crippen LogP contribution in [0.4, 0.5) is 0 Å². The molecule has 114 valence electrons. The van der Waals surface area contributed by atoms with Crippen LogP contribution in [-0.2, 0) is 6.42 Å². The van der Waals surface area contributed by atoms with E-state index in [2.05, 4.69) is 31.2 Å². The zero-order chi connectivity index (χ0) is 16.2. The predicted molar refractivity (Wildman–Crippen MR) is 95.0 cm³/mol. The van der Waals surface area contributed by atoms with Gasteiger partial charge in [0.1, 0.15) is 0 Å². The van der Waals surface area contributed by atoms with Gasteiger partial charge in [-0.3, -0.25) is 4.79 Å². The minimum Gasteiger partial charge on any atom is -0.289 e. The summed E-state index contributed by atoms with van der Waals surface area (Å²) in [6.45, 7) is 4.09. The molecule has 0 aromatic heterocycles. The normalized spacial score (nSPS) is 10.5. The summed E-state index contributed by atoms with van der Waals surface area (Å²) in [6.07, 6.45) is 0.888. The van der Waals surface area contributed by atoms with Gasteiger partial charge < -0.3 is 0 Å². The average molecular weight is 300 g/mol. The number of aryl methyl sites for hydroxylation is 2. The molecular formula is C22H20O. The van der Waals surface area contributed by atoms with Gasteiger partial charge in [0, 0.05) is 11.1 Å². The first-order valence-electron chi connectivity index (χ1n) is 7.88. The predicted octanol–water partition coefficient (Wildman–Crippen LogP) is 5.13. The van der Waals surface area contributed by atoms with Crippen LogP contribution in [0.2, 0.25) is 0 Å². The fraction of sp³-hybridized carbons (Fsp3) is 0.136. The van der Waals surface area contributed by atoms with Gasteiger partial charge in [-0.15, -0.1) is 0 Å². The number of rotatable bonds is 4. The minimum atomic E-state index is 0.0792. The summed E-state index contributed by atoms with van der Waals surface area (Å²) < 4.78 is 0. The fourth-order valence-corrected chi connectivity index (χ4v) is 2.67. The van der Waals surface area contributed by atoms with E-state index in [-0.39, 0.29) is 5.78 Å². The Balaban J connectivity index is 1.76. The monoisotopic (exact) mass is 300 g/mol. The van der Waals surface area contributed by atoms with E-state index in [1.54, 1.807) is 0 Å². The van der Waals surface area contributed by atoms with Gasteiger partial charge in [0.15, 0.2) is 5.78 Å². The number of carbonyl (C=O) groups is 1. The van der Waals surface area contributed by atoms with Gasteiger partial charge in [0.2, 0.25) is 0 Å². The Hall–Kier alpha value is -2.67. The molecule has 0 saturated heterocycles. The molecule has 3 aromatic rings. The highest BCUT2D eigenvalue weighted by Gasteiger charge is 2.09. The zero-order valence-electron chi connectivity index (χ0n) is 13.5. The smallest absolute Gasteiger partial charge is 0.193 e. The lowest BCUT2D eigenvalue weighted by Gasteiger charge is -2.06. The number of ketones is 1. The Labute approximate surface area is 137 Å². The molecule has 0 aliphatic heterocycles. The van der Waals surface area contributed by atoms with E-state index < -0.39 is 0 Å². The van der Waals surface area contributed by atoms with Crippen molar-refractivity contribution >= 4 is 5.78 Å². The number of benzene rings is 3. The van der Waals surface area contributed by atoms with Crippen LogP contribution < -0.4 is 0 Å². The van der Waals surface area contributed by atoms with Gasteiger partial charge >= 0.3 is 0 Å². The van der Waals surface area contributed by atoms with E-state index in [9.17, 15) is 4.79 Å². The molecule has 1 heteroatoms. The Morgan fingerprint density at radius 3 is 1.91 bits per heavy atom. The van der Waals surface area contributed by atoms with Crippen molar-refractivity contribution in [3.63, 3.8) is 0 Å². The summed E-state index contributed by atoms with van der Waals surface area (Å²) in [6, 6.07) is 24.2. The maximum absolute atomic E-state index is 12.5.